The topological polar surface area (TPSA) is 29.3 Å². The van der Waals surface area contributed by atoms with E-state index in [2.05, 4.69) is 18.7 Å². The SMILES string of the molecule is CC1CCN(C(CN)c2c(F)cccc2Cl)CC1C. The molecule has 1 aromatic rings. The molecule has 3 atom stereocenters. The first kappa shape index (κ1) is 14.8. The number of rotatable bonds is 3. The molecule has 0 aliphatic carbocycles. The number of halogens is 2. The van der Waals surface area contributed by atoms with Gasteiger partial charge in [0.25, 0.3) is 0 Å². The van der Waals surface area contributed by atoms with Crippen LogP contribution in [0.3, 0.4) is 0 Å². The first-order valence-electron chi connectivity index (χ1n) is 6.92. The Morgan fingerprint density at radius 2 is 2.16 bits per heavy atom. The summed E-state index contributed by atoms with van der Waals surface area (Å²) in [6.45, 7) is 6.82. The number of likely N-dealkylation sites (tertiary alicyclic amines) is 1. The largest absolute Gasteiger partial charge is 0.329 e. The molecule has 1 aliphatic heterocycles. The molecule has 0 radical (unpaired) electrons. The fourth-order valence-electron chi connectivity index (χ4n) is 2.86. The van der Waals surface area contributed by atoms with E-state index in [1.807, 2.05) is 0 Å². The van der Waals surface area contributed by atoms with Gasteiger partial charge >= 0.3 is 0 Å². The lowest BCUT2D eigenvalue weighted by molar-refractivity contribution is 0.0967. The minimum Gasteiger partial charge on any atom is -0.329 e. The van der Waals surface area contributed by atoms with Crippen molar-refractivity contribution in [2.45, 2.75) is 26.3 Å². The maximum absolute atomic E-state index is 14.0. The van der Waals surface area contributed by atoms with Crippen molar-refractivity contribution in [2.75, 3.05) is 19.6 Å². The van der Waals surface area contributed by atoms with Crippen molar-refractivity contribution in [3.63, 3.8) is 0 Å². The van der Waals surface area contributed by atoms with Gasteiger partial charge in [-0.1, -0.05) is 31.5 Å². The molecule has 0 amide bonds. The number of piperidine rings is 1. The van der Waals surface area contributed by atoms with E-state index in [0.717, 1.165) is 19.5 Å². The quantitative estimate of drug-likeness (QED) is 0.921. The Balaban J connectivity index is 2.25. The van der Waals surface area contributed by atoms with E-state index in [1.165, 1.54) is 6.07 Å². The summed E-state index contributed by atoms with van der Waals surface area (Å²) in [6, 6.07) is 4.71. The molecule has 2 nitrogen and oxygen atoms in total. The molecule has 1 saturated heterocycles. The minimum atomic E-state index is -0.255. The predicted octanol–water partition coefficient (Wildman–Crippen LogP) is 3.46. The van der Waals surface area contributed by atoms with Gasteiger partial charge in [0.1, 0.15) is 5.82 Å². The fraction of sp³-hybridized carbons (Fsp3) is 0.600. The van der Waals surface area contributed by atoms with Gasteiger partial charge in [0.2, 0.25) is 0 Å². The molecule has 1 aliphatic rings. The van der Waals surface area contributed by atoms with Gasteiger partial charge in [-0.25, -0.2) is 4.39 Å². The summed E-state index contributed by atoms with van der Waals surface area (Å²) < 4.78 is 14.0. The molecule has 19 heavy (non-hydrogen) atoms. The second-order valence-corrected chi connectivity index (χ2v) is 6.03. The molecule has 0 bridgehead atoms. The average molecular weight is 285 g/mol. The molecule has 0 spiro atoms. The summed E-state index contributed by atoms with van der Waals surface area (Å²) in [5.41, 5.74) is 6.44. The number of hydrogen-bond donors (Lipinski definition) is 1. The summed E-state index contributed by atoms with van der Waals surface area (Å²) in [6.07, 6.45) is 1.13. The van der Waals surface area contributed by atoms with Crippen LogP contribution in [0.25, 0.3) is 0 Å². The first-order chi connectivity index (χ1) is 9.04. The van der Waals surface area contributed by atoms with E-state index in [9.17, 15) is 4.39 Å². The molecule has 0 aromatic heterocycles. The molecule has 2 rings (SSSR count). The van der Waals surface area contributed by atoms with Crippen molar-refractivity contribution in [3.05, 3.63) is 34.6 Å². The summed E-state index contributed by atoms with van der Waals surface area (Å²) in [7, 11) is 0. The van der Waals surface area contributed by atoms with Gasteiger partial charge in [0.05, 0.1) is 6.04 Å². The van der Waals surface area contributed by atoms with Crippen LogP contribution in [-0.4, -0.2) is 24.5 Å². The van der Waals surface area contributed by atoms with Crippen LogP contribution in [0.1, 0.15) is 31.9 Å². The average Bonchev–Trinajstić information content (AvgIpc) is 2.37. The molecule has 2 N–H and O–H groups in total. The second kappa shape index (κ2) is 6.21. The number of nitrogens with two attached hydrogens (primary N) is 1. The van der Waals surface area contributed by atoms with Gasteiger partial charge in [0, 0.05) is 23.7 Å². The van der Waals surface area contributed by atoms with Crippen LogP contribution in [0.5, 0.6) is 0 Å². The van der Waals surface area contributed by atoms with Crippen LogP contribution >= 0.6 is 11.6 Å². The third kappa shape index (κ3) is 3.10. The van der Waals surface area contributed by atoms with Crippen LogP contribution in [-0.2, 0) is 0 Å². The van der Waals surface area contributed by atoms with Crippen molar-refractivity contribution in [2.24, 2.45) is 17.6 Å². The molecule has 3 unspecified atom stereocenters. The van der Waals surface area contributed by atoms with E-state index in [4.69, 9.17) is 17.3 Å². The van der Waals surface area contributed by atoms with Crippen LogP contribution in [0.15, 0.2) is 18.2 Å². The summed E-state index contributed by atoms with van der Waals surface area (Å²) in [4.78, 5) is 2.27. The van der Waals surface area contributed by atoms with Crippen molar-refractivity contribution < 1.29 is 4.39 Å². The Hall–Kier alpha value is -0.640. The van der Waals surface area contributed by atoms with Gasteiger partial charge in [-0.05, 0) is 36.9 Å². The van der Waals surface area contributed by atoms with E-state index in [-0.39, 0.29) is 11.9 Å². The highest BCUT2D eigenvalue weighted by Gasteiger charge is 2.30. The molecule has 1 aromatic carbocycles. The first-order valence-corrected chi connectivity index (χ1v) is 7.30. The Labute approximate surface area is 119 Å². The van der Waals surface area contributed by atoms with Crippen LogP contribution < -0.4 is 5.73 Å². The smallest absolute Gasteiger partial charge is 0.129 e. The van der Waals surface area contributed by atoms with Gasteiger partial charge < -0.3 is 5.73 Å². The molecule has 4 heteroatoms. The predicted molar refractivity (Wildman–Crippen MR) is 77.7 cm³/mol. The summed E-state index contributed by atoms with van der Waals surface area (Å²) >= 11 is 6.17. The van der Waals surface area contributed by atoms with Crippen LogP contribution in [0.4, 0.5) is 4.39 Å². The Morgan fingerprint density at radius 3 is 2.74 bits per heavy atom. The third-order valence-corrected chi connectivity index (χ3v) is 4.69. The highest BCUT2D eigenvalue weighted by atomic mass is 35.5. The number of nitrogens with zero attached hydrogens (tertiary/aromatic N) is 1. The van der Waals surface area contributed by atoms with Crippen LogP contribution in [0.2, 0.25) is 5.02 Å². The molecule has 1 fully saturated rings. The van der Waals surface area contributed by atoms with Crippen molar-refractivity contribution >= 4 is 11.6 Å². The van der Waals surface area contributed by atoms with E-state index >= 15 is 0 Å². The van der Waals surface area contributed by atoms with Gasteiger partial charge in [0.15, 0.2) is 0 Å². The van der Waals surface area contributed by atoms with E-state index < -0.39 is 0 Å². The zero-order valence-electron chi connectivity index (χ0n) is 11.6. The lowest BCUT2D eigenvalue weighted by Gasteiger charge is -2.40. The minimum absolute atomic E-state index is 0.122. The maximum Gasteiger partial charge on any atom is 0.129 e. The standard InChI is InChI=1S/C15H22ClFN2/c1-10-6-7-19(9-11(10)2)14(8-18)15-12(16)4-3-5-13(15)17/h3-5,10-11,14H,6-9,18H2,1-2H3. The summed E-state index contributed by atoms with van der Waals surface area (Å²) in [5, 5.41) is 0.474. The lowest BCUT2D eigenvalue weighted by atomic mass is 9.87. The Kier molecular flexibility index (Phi) is 4.82. The molecular weight excluding hydrogens is 263 g/mol. The van der Waals surface area contributed by atoms with E-state index in [0.29, 0.717) is 29.0 Å². The molecule has 1 heterocycles. The molecule has 106 valence electrons. The number of hydrogen-bond acceptors (Lipinski definition) is 2. The third-order valence-electron chi connectivity index (χ3n) is 4.36. The monoisotopic (exact) mass is 284 g/mol. The second-order valence-electron chi connectivity index (χ2n) is 5.63. The zero-order chi connectivity index (χ0) is 14.0. The zero-order valence-corrected chi connectivity index (χ0v) is 12.3. The van der Waals surface area contributed by atoms with Gasteiger partial charge in [-0.15, -0.1) is 0 Å². The maximum atomic E-state index is 14.0. The fourth-order valence-corrected chi connectivity index (χ4v) is 3.15. The summed E-state index contributed by atoms with van der Waals surface area (Å²) in [5.74, 6) is 1.06. The Morgan fingerprint density at radius 1 is 1.42 bits per heavy atom. The van der Waals surface area contributed by atoms with Gasteiger partial charge in [-0.3, -0.25) is 4.90 Å². The van der Waals surface area contributed by atoms with Gasteiger partial charge in [-0.2, -0.15) is 0 Å². The Bertz CT molecular complexity index is 418. The van der Waals surface area contributed by atoms with E-state index in [1.54, 1.807) is 12.1 Å². The molecule has 0 saturated carbocycles. The van der Waals surface area contributed by atoms with Crippen molar-refractivity contribution in [1.82, 2.24) is 4.90 Å². The normalized spacial score (nSPS) is 26.4. The van der Waals surface area contributed by atoms with Crippen molar-refractivity contribution in [1.29, 1.82) is 0 Å². The molecular formula is C15H22ClFN2. The number of benzene rings is 1. The van der Waals surface area contributed by atoms with Crippen molar-refractivity contribution in [3.8, 4) is 0 Å². The highest BCUT2D eigenvalue weighted by Crippen LogP contribution is 2.33. The lowest BCUT2D eigenvalue weighted by Crippen LogP contribution is -2.43. The van der Waals surface area contributed by atoms with Crippen LogP contribution in [0, 0.1) is 17.7 Å². The highest BCUT2D eigenvalue weighted by molar-refractivity contribution is 6.31.